The number of hydrogen-bond acceptors (Lipinski definition) is 6. The van der Waals surface area contributed by atoms with E-state index >= 15 is 0 Å². The maximum atomic E-state index is 13.3. The van der Waals surface area contributed by atoms with E-state index in [4.69, 9.17) is 13.6 Å². The standard InChI is InChI=1S/C31H31N3O5/c1-20-5-3-6-23(15-20)29-26-16-24(11-10-21(26)12-13-34(29)30(35)22-8-9-22)38-19-28-32-27(18-39-28)31(36)33(2)17-25-7-4-14-37-25/h3-7,10-11,14-16,18,22,29H,8-9,12-13,17,19H2,1-2H3/t29-/m1/s1. The van der Waals surface area contributed by atoms with E-state index in [-0.39, 0.29) is 36.1 Å². The number of oxazole rings is 1. The molecule has 4 aromatic rings. The van der Waals surface area contributed by atoms with E-state index in [1.165, 1.54) is 16.7 Å². The number of aryl methyl sites for hydroxylation is 1. The summed E-state index contributed by atoms with van der Waals surface area (Å²) < 4.78 is 16.9. The Morgan fingerprint density at radius 3 is 2.74 bits per heavy atom. The van der Waals surface area contributed by atoms with Crippen LogP contribution in [-0.2, 0) is 24.4 Å². The zero-order valence-corrected chi connectivity index (χ0v) is 22.1. The molecule has 1 aliphatic heterocycles. The molecule has 0 saturated heterocycles. The summed E-state index contributed by atoms with van der Waals surface area (Å²) >= 11 is 0. The number of nitrogens with zero attached hydrogens (tertiary/aromatic N) is 3. The molecule has 6 rings (SSSR count). The van der Waals surface area contributed by atoms with Crippen molar-refractivity contribution in [2.24, 2.45) is 5.92 Å². The van der Waals surface area contributed by atoms with Gasteiger partial charge in [0, 0.05) is 19.5 Å². The topological polar surface area (TPSA) is 89.0 Å². The van der Waals surface area contributed by atoms with E-state index in [9.17, 15) is 9.59 Å². The molecule has 0 unspecified atom stereocenters. The zero-order chi connectivity index (χ0) is 26.9. The molecular weight excluding hydrogens is 494 g/mol. The predicted octanol–water partition coefficient (Wildman–Crippen LogP) is 5.31. The Bertz CT molecular complexity index is 1490. The lowest BCUT2D eigenvalue weighted by molar-refractivity contribution is -0.134. The number of amides is 2. The molecule has 200 valence electrons. The Morgan fingerprint density at radius 2 is 1.97 bits per heavy atom. The molecule has 1 saturated carbocycles. The Kier molecular flexibility index (Phi) is 6.69. The summed E-state index contributed by atoms with van der Waals surface area (Å²) in [6.45, 7) is 3.20. The molecule has 0 radical (unpaired) electrons. The van der Waals surface area contributed by atoms with Crippen LogP contribution >= 0.6 is 0 Å². The predicted molar refractivity (Wildman–Crippen MR) is 143 cm³/mol. The summed E-state index contributed by atoms with van der Waals surface area (Å²) in [6, 6.07) is 17.9. The summed E-state index contributed by atoms with van der Waals surface area (Å²) in [6.07, 6.45) is 5.69. The van der Waals surface area contributed by atoms with Crippen LogP contribution in [0.4, 0.5) is 0 Å². The Hall–Kier alpha value is -4.33. The van der Waals surface area contributed by atoms with Crippen LogP contribution in [0.1, 0.15) is 63.3 Å². The molecule has 2 aliphatic rings. The van der Waals surface area contributed by atoms with Crippen molar-refractivity contribution < 1.29 is 23.2 Å². The van der Waals surface area contributed by atoms with Gasteiger partial charge in [-0.2, -0.15) is 0 Å². The van der Waals surface area contributed by atoms with Crippen LogP contribution in [0.25, 0.3) is 0 Å². The number of carbonyl (C=O) groups excluding carboxylic acids is 2. The summed E-state index contributed by atoms with van der Waals surface area (Å²) in [5.41, 5.74) is 4.78. The number of benzene rings is 2. The number of furan rings is 1. The van der Waals surface area contributed by atoms with Crippen molar-refractivity contribution in [3.05, 3.63) is 107 Å². The molecule has 0 bridgehead atoms. The van der Waals surface area contributed by atoms with Gasteiger partial charge in [0.1, 0.15) is 17.8 Å². The molecule has 1 atom stereocenters. The Labute approximate surface area is 227 Å². The highest BCUT2D eigenvalue weighted by molar-refractivity contribution is 5.91. The van der Waals surface area contributed by atoms with Gasteiger partial charge in [-0.1, -0.05) is 35.9 Å². The van der Waals surface area contributed by atoms with Crippen LogP contribution in [0.15, 0.2) is 76.0 Å². The zero-order valence-electron chi connectivity index (χ0n) is 22.1. The minimum atomic E-state index is -0.267. The smallest absolute Gasteiger partial charge is 0.275 e. The lowest BCUT2D eigenvalue weighted by atomic mass is 9.87. The third kappa shape index (κ3) is 5.32. The van der Waals surface area contributed by atoms with Crippen molar-refractivity contribution in [3.63, 3.8) is 0 Å². The molecule has 8 nitrogen and oxygen atoms in total. The van der Waals surface area contributed by atoms with E-state index in [0.717, 1.165) is 36.0 Å². The van der Waals surface area contributed by atoms with Crippen molar-refractivity contribution in [1.82, 2.24) is 14.8 Å². The number of aromatic nitrogens is 1. The molecule has 2 amide bonds. The Morgan fingerprint density at radius 1 is 1.10 bits per heavy atom. The van der Waals surface area contributed by atoms with Gasteiger partial charge in [0.2, 0.25) is 11.8 Å². The minimum absolute atomic E-state index is 0.0772. The fourth-order valence-corrected chi connectivity index (χ4v) is 5.21. The van der Waals surface area contributed by atoms with Crippen LogP contribution in [0.5, 0.6) is 5.75 Å². The number of fused-ring (bicyclic) bond motifs is 1. The van der Waals surface area contributed by atoms with Crippen LogP contribution in [0.3, 0.4) is 0 Å². The molecule has 2 aromatic carbocycles. The molecule has 39 heavy (non-hydrogen) atoms. The van der Waals surface area contributed by atoms with Gasteiger partial charge in [-0.3, -0.25) is 9.59 Å². The normalized spacial score (nSPS) is 16.6. The maximum absolute atomic E-state index is 13.3. The van der Waals surface area contributed by atoms with Gasteiger partial charge >= 0.3 is 0 Å². The lowest BCUT2D eigenvalue weighted by Gasteiger charge is -2.38. The number of rotatable bonds is 8. The quantitative estimate of drug-likeness (QED) is 0.310. The first-order valence-electron chi connectivity index (χ1n) is 13.3. The third-order valence-electron chi connectivity index (χ3n) is 7.37. The highest BCUT2D eigenvalue weighted by Crippen LogP contribution is 2.41. The first kappa shape index (κ1) is 25.0. The van der Waals surface area contributed by atoms with E-state index in [1.54, 1.807) is 19.4 Å². The fourth-order valence-electron chi connectivity index (χ4n) is 5.21. The van der Waals surface area contributed by atoms with Crippen molar-refractivity contribution in [2.45, 2.75) is 45.4 Å². The molecule has 0 spiro atoms. The SMILES string of the molecule is Cc1cccc([C@@H]2c3cc(OCc4nc(C(=O)N(C)Cc5ccco5)co4)ccc3CCN2C(=O)C2CC2)c1. The Balaban J connectivity index is 1.19. The highest BCUT2D eigenvalue weighted by atomic mass is 16.5. The van der Waals surface area contributed by atoms with Crippen molar-refractivity contribution in [1.29, 1.82) is 0 Å². The molecule has 1 aliphatic carbocycles. The largest absolute Gasteiger partial charge is 0.484 e. The highest BCUT2D eigenvalue weighted by Gasteiger charge is 2.39. The van der Waals surface area contributed by atoms with E-state index in [2.05, 4.69) is 36.2 Å². The minimum Gasteiger partial charge on any atom is -0.484 e. The summed E-state index contributed by atoms with van der Waals surface area (Å²) in [7, 11) is 1.69. The first-order valence-corrected chi connectivity index (χ1v) is 13.3. The van der Waals surface area contributed by atoms with Gasteiger partial charge in [-0.05, 0) is 67.1 Å². The second-order valence-corrected chi connectivity index (χ2v) is 10.4. The van der Waals surface area contributed by atoms with Crippen molar-refractivity contribution in [2.75, 3.05) is 13.6 Å². The number of ether oxygens (including phenoxy) is 1. The fraction of sp³-hybridized carbons (Fsp3) is 0.323. The van der Waals surface area contributed by atoms with Gasteiger partial charge in [-0.15, -0.1) is 0 Å². The van der Waals surface area contributed by atoms with Crippen LogP contribution in [0.2, 0.25) is 0 Å². The number of hydrogen-bond donors (Lipinski definition) is 0. The maximum Gasteiger partial charge on any atom is 0.275 e. The van der Waals surface area contributed by atoms with E-state index < -0.39 is 0 Å². The summed E-state index contributed by atoms with van der Waals surface area (Å²) in [5, 5.41) is 0. The van der Waals surface area contributed by atoms with E-state index in [0.29, 0.717) is 30.5 Å². The van der Waals surface area contributed by atoms with Gasteiger partial charge in [0.15, 0.2) is 12.3 Å². The summed E-state index contributed by atoms with van der Waals surface area (Å²) in [4.78, 5) is 33.9. The third-order valence-corrected chi connectivity index (χ3v) is 7.37. The first-order chi connectivity index (χ1) is 19.0. The number of carbonyl (C=O) groups is 2. The monoisotopic (exact) mass is 525 g/mol. The molecule has 8 heteroatoms. The average molecular weight is 526 g/mol. The molecule has 2 aromatic heterocycles. The summed E-state index contributed by atoms with van der Waals surface area (Å²) in [5.74, 6) is 1.78. The van der Waals surface area contributed by atoms with Gasteiger partial charge < -0.3 is 23.4 Å². The second kappa shape index (κ2) is 10.4. The van der Waals surface area contributed by atoms with E-state index in [1.807, 2.05) is 29.2 Å². The molecule has 3 heterocycles. The van der Waals surface area contributed by atoms with Crippen molar-refractivity contribution >= 4 is 11.8 Å². The van der Waals surface area contributed by atoms with Crippen LogP contribution in [0, 0.1) is 12.8 Å². The molecule has 1 fully saturated rings. The van der Waals surface area contributed by atoms with Gasteiger partial charge in [0.05, 0.1) is 18.8 Å². The van der Waals surface area contributed by atoms with Gasteiger partial charge in [-0.25, -0.2) is 4.98 Å². The van der Waals surface area contributed by atoms with Crippen LogP contribution < -0.4 is 4.74 Å². The van der Waals surface area contributed by atoms with Crippen LogP contribution in [-0.4, -0.2) is 40.2 Å². The van der Waals surface area contributed by atoms with Crippen molar-refractivity contribution in [3.8, 4) is 5.75 Å². The lowest BCUT2D eigenvalue weighted by Crippen LogP contribution is -2.41. The molecular formula is C31H31N3O5. The second-order valence-electron chi connectivity index (χ2n) is 10.4. The molecule has 0 N–H and O–H groups in total. The average Bonchev–Trinajstić information content (AvgIpc) is 3.46. The van der Waals surface area contributed by atoms with Gasteiger partial charge in [0.25, 0.3) is 5.91 Å².